The van der Waals surface area contributed by atoms with Gasteiger partial charge in [0, 0.05) is 11.3 Å². The van der Waals surface area contributed by atoms with Crippen LogP contribution in [0.1, 0.15) is 35.6 Å². The molecule has 3 aromatic carbocycles. The third-order valence-electron chi connectivity index (χ3n) is 6.15. The zero-order chi connectivity index (χ0) is 25.2. The number of para-hydroxylation sites is 1. The Kier molecular flexibility index (Phi) is 6.86. The van der Waals surface area contributed by atoms with E-state index in [-0.39, 0.29) is 17.9 Å². The largest absolute Gasteiger partial charge is 0.416 e. The van der Waals surface area contributed by atoms with Crippen LogP contribution >= 0.6 is 0 Å². The number of halogens is 4. The van der Waals surface area contributed by atoms with E-state index in [1.165, 1.54) is 29.3 Å². The molecule has 35 heavy (non-hydrogen) atoms. The molecule has 0 aromatic heterocycles. The molecule has 1 heterocycles. The van der Waals surface area contributed by atoms with Crippen LogP contribution in [0.3, 0.4) is 0 Å². The van der Waals surface area contributed by atoms with Gasteiger partial charge in [0.1, 0.15) is 6.04 Å². The van der Waals surface area contributed by atoms with Crippen molar-refractivity contribution < 1.29 is 27.2 Å². The summed E-state index contributed by atoms with van der Waals surface area (Å²) in [5.74, 6) is -1.95. The molecule has 2 atom stereocenters. The summed E-state index contributed by atoms with van der Waals surface area (Å²) in [7, 11) is 0. The minimum atomic E-state index is -4.55. The van der Waals surface area contributed by atoms with E-state index in [1.807, 2.05) is 0 Å². The second-order valence-corrected chi connectivity index (χ2v) is 8.51. The van der Waals surface area contributed by atoms with Crippen LogP contribution < -0.4 is 5.32 Å². The van der Waals surface area contributed by atoms with Crippen LogP contribution in [0.25, 0.3) is 0 Å². The number of aryl methyl sites for hydroxylation is 1. The second kappa shape index (κ2) is 9.85. The van der Waals surface area contributed by atoms with Crippen molar-refractivity contribution in [3.63, 3.8) is 0 Å². The molecule has 182 valence electrons. The van der Waals surface area contributed by atoms with Gasteiger partial charge in [-0.15, -0.1) is 5.01 Å². The molecule has 0 spiro atoms. The van der Waals surface area contributed by atoms with Crippen LogP contribution in [0.5, 0.6) is 0 Å². The summed E-state index contributed by atoms with van der Waals surface area (Å²) in [6, 6.07) is 16.9. The standard InChI is InChI=1S/C26H23F4N3O2/c1-17-8-5-14-22(27)23(17)33(35)32-15-7-13-21(24(32)18-9-3-2-4-10-18)25(34)31-20-12-6-11-19(16-20)26(28,29)30/h2-6,8-12,14,16,21,24H,7,13,15H2,1H3/p+1/t21-,24-/m0/s1. The summed E-state index contributed by atoms with van der Waals surface area (Å²) in [6.45, 7) is 1.91. The summed E-state index contributed by atoms with van der Waals surface area (Å²) >= 11 is 0. The third kappa shape index (κ3) is 5.18. The van der Waals surface area contributed by atoms with Gasteiger partial charge in [-0.2, -0.15) is 17.6 Å². The van der Waals surface area contributed by atoms with E-state index in [2.05, 4.69) is 5.32 Å². The molecular weight excluding hydrogens is 462 g/mol. The van der Waals surface area contributed by atoms with Gasteiger partial charge in [0.2, 0.25) is 11.7 Å². The Labute approximate surface area is 199 Å². The number of hydrazine groups is 1. The van der Waals surface area contributed by atoms with E-state index in [0.29, 0.717) is 28.8 Å². The Morgan fingerprint density at radius 1 is 1.03 bits per heavy atom. The number of nitrogens with zero attached hydrogens (tertiary/aromatic N) is 2. The molecule has 1 saturated heterocycles. The maximum Gasteiger partial charge on any atom is 0.416 e. The number of hydrogen-bond acceptors (Lipinski definition) is 2. The van der Waals surface area contributed by atoms with Crippen LogP contribution in [0, 0.1) is 23.6 Å². The van der Waals surface area contributed by atoms with Gasteiger partial charge >= 0.3 is 11.9 Å². The molecule has 9 heteroatoms. The zero-order valence-corrected chi connectivity index (χ0v) is 18.9. The number of nitroso groups, excluding NO2 is 1. The number of amides is 1. The summed E-state index contributed by atoms with van der Waals surface area (Å²) in [4.78, 5) is 27.3. The summed E-state index contributed by atoms with van der Waals surface area (Å²) < 4.78 is 54.0. The maximum atomic E-state index is 14.6. The van der Waals surface area contributed by atoms with Gasteiger partial charge in [-0.05, 0) is 49.6 Å². The molecule has 1 aliphatic heterocycles. The number of carbonyl (C=O) groups excluding carboxylic acids is 1. The van der Waals surface area contributed by atoms with Gasteiger partial charge in [0.15, 0.2) is 4.87 Å². The van der Waals surface area contributed by atoms with Crippen molar-refractivity contribution in [2.45, 2.75) is 32.0 Å². The van der Waals surface area contributed by atoms with Gasteiger partial charge < -0.3 is 5.32 Å². The van der Waals surface area contributed by atoms with Crippen LogP contribution in [-0.4, -0.2) is 22.3 Å². The number of carbonyl (C=O) groups is 1. The molecule has 0 bridgehead atoms. The van der Waals surface area contributed by atoms with Crippen LogP contribution in [-0.2, 0) is 11.0 Å². The number of rotatable bonds is 5. The van der Waals surface area contributed by atoms with E-state index in [0.717, 1.165) is 12.1 Å². The van der Waals surface area contributed by atoms with Gasteiger partial charge in [-0.25, -0.2) is 0 Å². The lowest BCUT2D eigenvalue weighted by atomic mass is 9.84. The first-order valence-electron chi connectivity index (χ1n) is 11.2. The number of anilines is 1. The number of nitrogens with one attached hydrogen (secondary N) is 1. The van der Waals surface area contributed by atoms with Crippen LogP contribution in [0.15, 0.2) is 72.8 Å². The molecule has 0 saturated carbocycles. The number of alkyl halides is 3. The molecule has 1 amide bonds. The fraction of sp³-hybridized carbons (Fsp3) is 0.269. The third-order valence-corrected chi connectivity index (χ3v) is 6.15. The van der Waals surface area contributed by atoms with Crippen molar-refractivity contribution in [2.24, 2.45) is 5.92 Å². The van der Waals surface area contributed by atoms with E-state index in [1.54, 1.807) is 43.3 Å². The molecular formula is C26H24F4N3O2+. The van der Waals surface area contributed by atoms with Crippen molar-refractivity contribution >= 4 is 17.3 Å². The van der Waals surface area contributed by atoms with Gasteiger partial charge in [-0.3, -0.25) is 4.79 Å². The van der Waals surface area contributed by atoms with Crippen molar-refractivity contribution in [1.82, 2.24) is 5.01 Å². The highest BCUT2D eigenvalue weighted by molar-refractivity contribution is 5.93. The fourth-order valence-electron chi connectivity index (χ4n) is 4.51. The number of benzene rings is 3. The first-order chi connectivity index (χ1) is 16.7. The Morgan fingerprint density at radius 2 is 1.74 bits per heavy atom. The van der Waals surface area contributed by atoms with Crippen LogP contribution in [0.2, 0.25) is 0 Å². The lowest BCUT2D eigenvalue weighted by Crippen LogP contribution is -2.46. The maximum absolute atomic E-state index is 14.6. The molecule has 1 N–H and O–H groups in total. The Morgan fingerprint density at radius 3 is 2.43 bits per heavy atom. The molecule has 1 fully saturated rings. The van der Waals surface area contributed by atoms with Gasteiger partial charge in [0.25, 0.3) is 0 Å². The number of piperidine rings is 1. The highest BCUT2D eigenvalue weighted by Crippen LogP contribution is 2.39. The highest BCUT2D eigenvalue weighted by atomic mass is 19.4. The number of hydrogen-bond donors (Lipinski definition) is 1. The first kappa shape index (κ1) is 24.4. The summed E-state index contributed by atoms with van der Waals surface area (Å²) in [5.41, 5.74) is 0.125. The quantitative estimate of drug-likeness (QED) is 0.328. The highest BCUT2D eigenvalue weighted by Gasteiger charge is 2.45. The predicted octanol–water partition coefficient (Wildman–Crippen LogP) is 6.57. The average Bonchev–Trinajstić information content (AvgIpc) is 2.83. The topological polar surface area (TPSA) is 52.4 Å². The van der Waals surface area contributed by atoms with Gasteiger partial charge in [0.05, 0.1) is 22.9 Å². The predicted molar refractivity (Wildman–Crippen MR) is 123 cm³/mol. The fourth-order valence-corrected chi connectivity index (χ4v) is 4.51. The van der Waals surface area contributed by atoms with E-state index in [9.17, 15) is 27.3 Å². The van der Waals surface area contributed by atoms with Gasteiger partial charge in [-0.1, -0.05) is 48.5 Å². The second-order valence-electron chi connectivity index (χ2n) is 8.51. The minimum absolute atomic E-state index is 0.0117. The van der Waals surface area contributed by atoms with Crippen molar-refractivity contribution in [2.75, 3.05) is 11.9 Å². The van der Waals surface area contributed by atoms with Crippen LogP contribution in [0.4, 0.5) is 28.9 Å². The molecule has 3 aromatic rings. The zero-order valence-electron chi connectivity index (χ0n) is 18.9. The molecule has 0 unspecified atom stereocenters. The van der Waals surface area contributed by atoms with E-state index < -0.39 is 35.4 Å². The lowest BCUT2D eigenvalue weighted by Gasteiger charge is -2.35. The smallest absolute Gasteiger partial charge is 0.326 e. The Balaban J connectivity index is 1.68. The van der Waals surface area contributed by atoms with E-state index in [4.69, 9.17) is 0 Å². The van der Waals surface area contributed by atoms with Crippen molar-refractivity contribution in [3.05, 3.63) is 100 Å². The minimum Gasteiger partial charge on any atom is -0.326 e. The summed E-state index contributed by atoms with van der Waals surface area (Å²) in [6.07, 6.45) is -3.67. The lowest BCUT2D eigenvalue weighted by molar-refractivity contribution is -0.658. The first-order valence-corrected chi connectivity index (χ1v) is 11.2. The van der Waals surface area contributed by atoms with Crippen molar-refractivity contribution in [3.8, 4) is 0 Å². The molecule has 0 radical (unpaired) electrons. The average molecular weight is 486 g/mol. The molecule has 1 aliphatic rings. The van der Waals surface area contributed by atoms with Crippen molar-refractivity contribution in [1.29, 1.82) is 0 Å². The van der Waals surface area contributed by atoms with E-state index >= 15 is 0 Å². The normalized spacial score (nSPS) is 18.3. The molecule has 4 rings (SSSR count). The summed E-state index contributed by atoms with van der Waals surface area (Å²) in [5, 5.41) is 4.00. The monoisotopic (exact) mass is 486 g/mol. The Hall–Kier alpha value is -3.75. The Bertz CT molecular complexity index is 1210. The molecule has 0 aliphatic carbocycles. The molecule has 5 nitrogen and oxygen atoms in total. The SMILES string of the molecule is Cc1cccc(F)c1[N+](=O)N1CCC[C@H](C(=O)Nc2cccc(C(F)(F)F)c2)[C@@H]1c1ccccc1.